The van der Waals surface area contributed by atoms with Crippen LogP contribution in [0.2, 0.25) is 0 Å². The lowest BCUT2D eigenvalue weighted by atomic mass is 10.1. The second-order valence-corrected chi connectivity index (χ2v) is 3.94. The first-order valence-corrected chi connectivity index (χ1v) is 5.22. The van der Waals surface area contributed by atoms with E-state index in [-0.39, 0.29) is 24.1 Å². The van der Waals surface area contributed by atoms with E-state index in [1.165, 1.54) is 18.7 Å². The van der Waals surface area contributed by atoms with E-state index in [9.17, 15) is 14.4 Å². The molecule has 1 heterocycles. The van der Waals surface area contributed by atoms with Gasteiger partial charge in [-0.1, -0.05) is 0 Å². The van der Waals surface area contributed by atoms with Gasteiger partial charge in [0.2, 0.25) is 11.8 Å². The van der Waals surface area contributed by atoms with Gasteiger partial charge in [-0.15, -0.1) is 0 Å². The molecule has 1 aliphatic heterocycles. The number of nitrogens with zero attached hydrogens (tertiary/aromatic N) is 1. The minimum atomic E-state index is -0.256. The number of rotatable bonds is 1. The Bertz CT molecular complexity index is 522. The van der Waals surface area contributed by atoms with E-state index in [2.05, 4.69) is 5.32 Å². The van der Waals surface area contributed by atoms with E-state index in [1.807, 2.05) is 0 Å². The maximum absolute atomic E-state index is 11.4. The molecule has 0 saturated carbocycles. The van der Waals surface area contributed by atoms with Crippen LogP contribution >= 0.6 is 0 Å². The van der Waals surface area contributed by atoms with Gasteiger partial charge in [0.15, 0.2) is 5.78 Å². The summed E-state index contributed by atoms with van der Waals surface area (Å²) in [6, 6.07) is 4.91. The number of fused-ring (bicyclic) bond motifs is 1. The number of amides is 2. The molecule has 2 rings (SSSR count). The van der Waals surface area contributed by atoms with Crippen LogP contribution in [0.15, 0.2) is 18.2 Å². The van der Waals surface area contributed by atoms with E-state index < -0.39 is 0 Å². The number of ketones is 1. The Balaban J connectivity index is 2.51. The van der Waals surface area contributed by atoms with Gasteiger partial charge in [-0.05, 0) is 25.1 Å². The van der Waals surface area contributed by atoms with Crippen LogP contribution in [0.1, 0.15) is 24.2 Å². The van der Waals surface area contributed by atoms with Crippen LogP contribution in [0.5, 0.6) is 0 Å². The molecule has 0 saturated heterocycles. The predicted octanol–water partition coefficient (Wildman–Crippen LogP) is 1.19. The van der Waals surface area contributed by atoms with Crippen molar-refractivity contribution in [2.24, 2.45) is 0 Å². The van der Waals surface area contributed by atoms with Crippen LogP contribution in [0.25, 0.3) is 0 Å². The zero-order valence-electron chi connectivity index (χ0n) is 9.61. The molecular weight excluding hydrogens is 220 g/mol. The fourth-order valence-corrected chi connectivity index (χ4v) is 1.79. The number of anilines is 2. The highest BCUT2D eigenvalue weighted by molar-refractivity contribution is 6.10. The van der Waals surface area contributed by atoms with Gasteiger partial charge >= 0.3 is 0 Å². The Morgan fingerprint density at radius 3 is 2.59 bits per heavy atom. The molecule has 0 spiro atoms. The highest BCUT2D eigenvalue weighted by Crippen LogP contribution is 2.30. The van der Waals surface area contributed by atoms with Crippen molar-refractivity contribution in [2.45, 2.75) is 13.8 Å². The SMILES string of the molecule is CC(=O)c1ccc2c(c1)NC(=O)CN2C(C)=O. The van der Waals surface area contributed by atoms with Gasteiger partial charge in [-0.2, -0.15) is 0 Å². The van der Waals surface area contributed by atoms with Crippen molar-refractivity contribution in [1.29, 1.82) is 0 Å². The number of benzene rings is 1. The van der Waals surface area contributed by atoms with Crippen LogP contribution in [-0.2, 0) is 9.59 Å². The lowest BCUT2D eigenvalue weighted by molar-refractivity contribution is -0.120. The first-order chi connectivity index (χ1) is 7.99. The molecular formula is C12H12N2O3. The molecule has 0 aliphatic carbocycles. The summed E-state index contributed by atoms with van der Waals surface area (Å²) < 4.78 is 0. The number of carbonyl (C=O) groups is 3. The molecule has 5 nitrogen and oxygen atoms in total. The van der Waals surface area contributed by atoms with Gasteiger partial charge in [0.05, 0.1) is 11.4 Å². The third-order valence-electron chi connectivity index (χ3n) is 2.65. The molecule has 5 heteroatoms. The van der Waals surface area contributed by atoms with Crippen molar-refractivity contribution in [3.05, 3.63) is 23.8 Å². The number of nitrogens with one attached hydrogen (secondary N) is 1. The standard InChI is InChI=1S/C12H12N2O3/c1-7(15)9-3-4-11-10(5-9)13-12(17)6-14(11)8(2)16/h3-5H,6H2,1-2H3,(H,13,17). The first kappa shape index (κ1) is 11.3. The molecule has 0 aromatic heterocycles. The van der Waals surface area contributed by atoms with Gasteiger partial charge in [0.1, 0.15) is 6.54 Å². The average Bonchev–Trinajstić information content (AvgIpc) is 2.26. The van der Waals surface area contributed by atoms with Gasteiger partial charge < -0.3 is 10.2 Å². The summed E-state index contributed by atoms with van der Waals surface area (Å²) in [4.78, 5) is 35.5. The van der Waals surface area contributed by atoms with Crippen LogP contribution < -0.4 is 10.2 Å². The molecule has 0 atom stereocenters. The molecule has 0 fully saturated rings. The fourth-order valence-electron chi connectivity index (χ4n) is 1.79. The number of carbonyl (C=O) groups excluding carboxylic acids is 3. The topological polar surface area (TPSA) is 66.5 Å². The minimum absolute atomic E-state index is 0.0156. The zero-order chi connectivity index (χ0) is 12.6. The number of Topliss-reactive ketones (excluding diaryl/α,β-unsaturated/α-hetero) is 1. The van der Waals surface area contributed by atoms with Crippen LogP contribution in [0.4, 0.5) is 11.4 Å². The van der Waals surface area contributed by atoms with Gasteiger partial charge in [0, 0.05) is 12.5 Å². The quantitative estimate of drug-likeness (QED) is 0.740. The third kappa shape index (κ3) is 2.04. The van der Waals surface area contributed by atoms with Crippen LogP contribution in [0.3, 0.4) is 0 Å². The number of hydrogen-bond acceptors (Lipinski definition) is 3. The monoisotopic (exact) mass is 232 g/mol. The Kier molecular flexibility index (Phi) is 2.67. The second-order valence-electron chi connectivity index (χ2n) is 3.94. The summed E-state index contributed by atoms with van der Waals surface area (Å²) in [7, 11) is 0. The van der Waals surface area contributed by atoms with E-state index in [1.54, 1.807) is 18.2 Å². The molecule has 1 aromatic rings. The Labute approximate surface area is 98.4 Å². The molecule has 1 aromatic carbocycles. The Hall–Kier alpha value is -2.17. The van der Waals surface area contributed by atoms with E-state index in [4.69, 9.17) is 0 Å². The summed E-state index contributed by atoms with van der Waals surface area (Å²) >= 11 is 0. The zero-order valence-corrected chi connectivity index (χ0v) is 9.61. The Morgan fingerprint density at radius 2 is 2.00 bits per heavy atom. The summed E-state index contributed by atoms with van der Waals surface area (Å²) in [5, 5.41) is 2.65. The lowest BCUT2D eigenvalue weighted by Gasteiger charge is -2.28. The fraction of sp³-hybridized carbons (Fsp3) is 0.250. The molecule has 88 valence electrons. The van der Waals surface area contributed by atoms with Crippen molar-refractivity contribution in [1.82, 2.24) is 0 Å². The first-order valence-electron chi connectivity index (χ1n) is 5.22. The van der Waals surface area contributed by atoms with Crippen LogP contribution in [0, 0.1) is 0 Å². The van der Waals surface area contributed by atoms with Crippen molar-refractivity contribution < 1.29 is 14.4 Å². The van der Waals surface area contributed by atoms with Crippen molar-refractivity contribution in [2.75, 3.05) is 16.8 Å². The normalized spacial score (nSPS) is 14.0. The maximum atomic E-state index is 11.4. The smallest absolute Gasteiger partial charge is 0.244 e. The molecule has 1 N–H and O–H groups in total. The highest BCUT2D eigenvalue weighted by atomic mass is 16.2. The molecule has 0 radical (unpaired) electrons. The largest absolute Gasteiger partial charge is 0.323 e. The van der Waals surface area contributed by atoms with Crippen molar-refractivity contribution >= 4 is 29.0 Å². The molecule has 0 unspecified atom stereocenters. The van der Waals surface area contributed by atoms with Gasteiger partial charge in [-0.25, -0.2) is 0 Å². The second kappa shape index (κ2) is 4.01. The summed E-state index contributed by atoms with van der Waals surface area (Å²) in [6.45, 7) is 2.87. The summed E-state index contributed by atoms with van der Waals surface area (Å²) in [5.74, 6) is -0.535. The van der Waals surface area contributed by atoms with Gasteiger partial charge in [-0.3, -0.25) is 14.4 Å². The highest BCUT2D eigenvalue weighted by Gasteiger charge is 2.25. The molecule has 1 aliphatic rings. The maximum Gasteiger partial charge on any atom is 0.244 e. The molecule has 17 heavy (non-hydrogen) atoms. The van der Waals surface area contributed by atoms with E-state index in [0.717, 1.165) is 0 Å². The predicted molar refractivity (Wildman–Crippen MR) is 63.1 cm³/mol. The summed E-state index contributed by atoms with van der Waals surface area (Å²) in [5.41, 5.74) is 1.64. The van der Waals surface area contributed by atoms with E-state index in [0.29, 0.717) is 16.9 Å². The van der Waals surface area contributed by atoms with Gasteiger partial charge in [0.25, 0.3) is 0 Å². The van der Waals surface area contributed by atoms with Crippen molar-refractivity contribution in [3.63, 3.8) is 0 Å². The average molecular weight is 232 g/mol. The van der Waals surface area contributed by atoms with E-state index >= 15 is 0 Å². The molecule has 0 bridgehead atoms. The minimum Gasteiger partial charge on any atom is -0.323 e. The Morgan fingerprint density at radius 1 is 1.29 bits per heavy atom. The summed E-state index contributed by atoms with van der Waals surface area (Å²) in [6.07, 6.45) is 0. The third-order valence-corrected chi connectivity index (χ3v) is 2.65. The lowest BCUT2D eigenvalue weighted by Crippen LogP contribution is -2.41. The van der Waals surface area contributed by atoms with Crippen LogP contribution in [-0.4, -0.2) is 24.1 Å². The van der Waals surface area contributed by atoms with Crippen molar-refractivity contribution in [3.8, 4) is 0 Å². The molecule has 2 amide bonds. The number of hydrogen-bond donors (Lipinski definition) is 1.